The van der Waals surface area contributed by atoms with Crippen LogP contribution in [0.2, 0.25) is 0 Å². The summed E-state index contributed by atoms with van der Waals surface area (Å²) in [6.07, 6.45) is 0.883. The van der Waals surface area contributed by atoms with Gasteiger partial charge in [0.2, 0.25) is 5.91 Å². The number of ether oxygens (including phenoxy) is 2. The maximum absolute atomic E-state index is 12.3. The van der Waals surface area contributed by atoms with E-state index >= 15 is 0 Å². The summed E-state index contributed by atoms with van der Waals surface area (Å²) in [4.78, 5) is 12.3. The van der Waals surface area contributed by atoms with Crippen molar-refractivity contribution in [3.05, 3.63) is 29.8 Å². The molecule has 0 radical (unpaired) electrons. The molecule has 1 aromatic carbocycles. The van der Waals surface area contributed by atoms with Gasteiger partial charge in [-0.3, -0.25) is 4.79 Å². The van der Waals surface area contributed by atoms with Gasteiger partial charge in [0.25, 0.3) is 0 Å². The van der Waals surface area contributed by atoms with Crippen LogP contribution < -0.4 is 15.4 Å². The minimum atomic E-state index is -0.289. The van der Waals surface area contributed by atoms with E-state index in [9.17, 15) is 4.79 Å². The standard InChI is InChI=1S/C17H26N2O3/c1-4-10-22-15-7-5-14(6-8-15)12(2)19-17(20)16-13(3)21-11-9-18-16/h5-8,12-13,16,18H,4,9-11H2,1-3H3,(H,19,20)/t12?,13-,16+/m1/s1. The highest BCUT2D eigenvalue weighted by molar-refractivity contribution is 5.82. The van der Waals surface area contributed by atoms with Crippen LogP contribution in [0.15, 0.2) is 24.3 Å². The normalized spacial score (nSPS) is 22.9. The first kappa shape index (κ1) is 16.8. The van der Waals surface area contributed by atoms with Gasteiger partial charge in [-0.2, -0.15) is 0 Å². The van der Waals surface area contributed by atoms with Crippen LogP contribution in [-0.2, 0) is 9.53 Å². The Morgan fingerprint density at radius 1 is 1.45 bits per heavy atom. The summed E-state index contributed by atoms with van der Waals surface area (Å²) >= 11 is 0. The molecular weight excluding hydrogens is 280 g/mol. The van der Waals surface area contributed by atoms with Crippen molar-refractivity contribution < 1.29 is 14.3 Å². The van der Waals surface area contributed by atoms with E-state index in [1.165, 1.54) is 0 Å². The van der Waals surface area contributed by atoms with Gasteiger partial charge in [-0.25, -0.2) is 0 Å². The first-order valence-electron chi connectivity index (χ1n) is 8.00. The molecule has 1 aliphatic heterocycles. The van der Waals surface area contributed by atoms with Crippen LogP contribution in [0, 0.1) is 0 Å². The molecule has 122 valence electrons. The second-order valence-corrected chi connectivity index (χ2v) is 5.66. The van der Waals surface area contributed by atoms with Crippen LogP contribution in [-0.4, -0.2) is 37.8 Å². The zero-order valence-electron chi connectivity index (χ0n) is 13.6. The van der Waals surface area contributed by atoms with E-state index in [4.69, 9.17) is 9.47 Å². The molecule has 0 aliphatic carbocycles. The van der Waals surface area contributed by atoms with Crippen LogP contribution in [0.25, 0.3) is 0 Å². The van der Waals surface area contributed by atoms with E-state index < -0.39 is 0 Å². The minimum Gasteiger partial charge on any atom is -0.494 e. The Labute approximate surface area is 132 Å². The van der Waals surface area contributed by atoms with Gasteiger partial charge in [-0.05, 0) is 38.0 Å². The number of rotatable bonds is 6. The summed E-state index contributed by atoms with van der Waals surface area (Å²) in [7, 11) is 0. The SMILES string of the molecule is CCCOc1ccc(C(C)NC(=O)[C@H]2NCCO[C@@H]2C)cc1. The molecule has 1 aromatic rings. The molecule has 0 saturated carbocycles. The van der Waals surface area contributed by atoms with Crippen LogP contribution in [0.4, 0.5) is 0 Å². The minimum absolute atomic E-state index is 0.0222. The molecule has 1 fully saturated rings. The van der Waals surface area contributed by atoms with Crippen LogP contribution in [0.1, 0.15) is 38.8 Å². The summed E-state index contributed by atoms with van der Waals surface area (Å²) in [5.74, 6) is 0.839. The summed E-state index contributed by atoms with van der Waals surface area (Å²) < 4.78 is 11.1. The van der Waals surface area contributed by atoms with Crippen molar-refractivity contribution in [1.82, 2.24) is 10.6 Å². The van der Waals surface area contributed by atoms with E-state index in [0.717, 1.165) is 24.3 Å². The van der Waals surface area contributed by atoms with Gasteiger partial charge in [0, 0.05) is 6.54 Å². The molecule has 1 amide bonds. The molecule has 0 bridgehead atoms. The number of nitrogens with one attached hydrogen (secondary N) is 2. The molecule has 5 heteroatoms. The third kappa shape index (κ3) is 4.45. The number of carbonyl (C=O) groups excluding carboxylic acids is 1. The lowest BCUT2D eigenvalue weighted by Gasteiger charge is -2.30. The van der Waals surface area contributed by atoms with Gasteiger partial charge in [-0.1, -0.05) is 19.1 Å². The largest absolute Gasteiger partial charge is 0.494 e. The molecule has 5 nitrogen and oxygen atoms in total. The van der Waals surface area contributed by atoms with E-state index in [1.54, 1.807) is 0 Å². The molecule has 1 heterocycles. The summed E-state index contributed by atoms with van der Waals surface area (Å²) in [6, 6.07) is 7.53. The average molecular weight is 306 g/mol. The van der Waals surface area contributed by atoms with Crippen LogP contribution in [0.5, 0.6) is 5.75 Å². The fraction of sp³-hybridized carbons (Fsp3) is 0.588. The quantitative estimate of drug-likeness (QED) is 0.844. The average Bonchev–Trinajstić information content (AvgIpc) is 2.53. The Morgan fingerprint density at radius 3 is 2.82 bits per heavy atom. The molecule has 1 unspecified atom stereocenters. The predicted octanol–water partition coefficient (Wildman–Crippen LogP) is 2.03. The number of carbonyl (C=O) groups is 1. The highest BCUT2D eigenvalue weighted by Crippen LogP contribution is 2.18. The number of benzene rings is 1. The Morgan fingerprint density at radius 2 is 2.18 bits per heavy atom. The second kappa shape index (κ2) is 8.15. The third-order valence-electron chi connectivity index (χ3n) is 3.81. The van der Waals surface area contributed by atoms with Crippen molar-refractivity contribution in [2.24, 2.45) is 0 Å². The maximum Gasteiger partial charge on any atom is 0.240 e. The first-order chi connectivity index (χ1) is 10.6. The Balaban J connectivity index is 1.90. The molecule has 0 spiro atoms. The van der Waals surface area contributed by atoms with Crippen molar-refractivity contribution >= 4 is 5.91 Å². The highest BCUT2D eigenvalue weighted by atomic mass is 16.5. The number of hydrogen-bond acceptors (Lipinski definition) is 4. The first-order valence-corrected chi connectivity index (χ1v) is 8.00. The second-order valence-electron chi connectivity index (χ2n) is 5.66. The molecular formula is C17H26N2O3. The Bertz CT molecular complexity index is 475. The summed E-state index contributed by atoms with van der Waals surface area (Å²) in [5, 5.41) is 6.24. The third-order valence-corrected chi connectivity index (χ3v) is 3.81. The zero-order valence-corrected chi connectivity index (χ0v) is 13.6. The molecule has 2 N–H and O–H groups in total. The lowest BCUT2D eigenvalue weighted by atomic mass is 10.1. The molecule has 3 atom stereocenters. The lowest BCUT2D eigenvalue weighted by molar-refractivity contribution is -0.129. The van der Waals surface area contributed by atoms with Crippen molar-refractivity contribution in [3.8, 4) is 5.75 Å². The Kier molecular flexibility index (Phi) is 6.21. The topological polar surface area (TPSA) is 59.6 Å². The predicted molar refractivity (Wildman–Crippen MR) is 86.0 cm³/mol. The fourth-order valence-electron chi connectivity index (χ4n) is 2.49. The fourth-order valence-corrected chi connectivity index (χ4v) is 2.49. The van der Waals surface area contributed by atoms with Crippen molar-refractivity contribution in [2.45, 2.75) is 45.4 Å². The van der Waals surface area contributed by atoms with Gasteiger partial charge in [-0.15, -0.1) is 0 Å². The van der Waals surface area contributed by atoms with Gasteiger partial charge >= 0.3 is 0 Å². The van der Waals surface area contributed by atoms with Crippen molar-refractivity contribution in [3.63, 3.8) is 0 Å². The highest BCUT2D eigenvalue weighted by Gasteiger charge is 2.29. The number of amides is 1. The molecule has 0 aromatic heterocycles. The zero-order chi connectivity index (χ0) is 15.9. The molecule has 1 aliphatic rings. The van der Waals surface area contributed by atoms with E-state index in [1.807, 2.05) is 38.1 Å². The molecule has 1 saturated heterocycles. The van der Waals surface area contributed by atoms with E-state index in [2.05, 4.69) is 17.6 Å². The summed E-state index contributed by atoms with van der Waals surface area (Å²) in [5.41, 5.74) is 1.06. The number of hydrogen-bond donors (Lipinski definition) is 2. The smallest absolute Gasteiger partial charge is 0.240 e. The monoisotopic (exact) mass is 306 g/mol. The van der Waals surface area contributed by atoms with E-state index in [-0.39, 0.29) is 24.1 Å². The summed E-state index contributed by atoms with van der Waals surface area (Å²) in [6.45, 7) is 8.06. The van der Waals surface area contributed by atoms with Crippen LogP contribution >= 0.6 is 0 Å². The van der Waals surface area contributed by atoms with Gasteiger partial charge in [0.15, 0.2) is 0 Å². The van der Waals surface area contributed by atoms with E-state index in [0.29, 0.717) is 13.2 Å². The molecule has 22 heavy (non-hydrogen) atoms. The van der Waals surface area contributed by atoms with Gasteiger partial charge < -0.3 is 20.1 Å². The number of morpholine rings is 1. The molecule has 2 rings (SSSR count). The Hall–Kier alpha value is -1.59. The van der Waals surface area contributed by atoms with Crippen molar-refractivity contribution in [1.29, 1.82) is 0 Å². The maximum atomic E-state index is 12.3. The lowest BCUT2D eigenvalue weighted by Crippen LogP contribution is -2.55. The van der Waals surface area contributed by atoms with Gasteiger partial charge in [0.1, 0.15) is 11.8 Å². The van der Waals surface area contributed by atoms with Crippen LogP contribution in [0.3, 0.4) is 0 Å². The van der Waals surface area contributed by atoms with Crippen molar-refractivity contribution in [2.75, 3.05) is 19.8 Å². The van der Waals surface area contributed by atoms with Gasteiger partial charge in [0.05, 0.1) is 25.4 Å².